The number of hydrogen-bond acceptors (Lipinski definition) is 4. The summed E-state index contributed by atoms with van der Waals surface area (Å²) in [6.45, 7) is 1.18. The van der Waals surface area contributed by atoms with E-state index < -0.39 is 10.2 Å². The Morgan fingerprint density at radius 2 is 2.06 bits per heavy atom. The Morgan fingerprint density at radius 1 is 1.41 bits per heavy atom. The maximum atomic E-state index is 11.9. The Balaban J connectivity index is 1.99. The van der Waals surface area contributed by atoms with Gasteiger partial charge in [0.15, 0.2) is 0 Å². The second-order valence-corrected chi connectivity index (χ2v) is 7.40. The molecule has 1 aromatic rings. The Labute approximate surface area is 106 Å². The molecule has 1 fully saturated rings. The van der Waals surface area contributed by atoms with E-state index in [0.29, 0.717) is 19.0 Å². The number of thiazole rings is 1. The van der Waals surface area contributed by atoms with Crippen LogP contribution in [0.15, 0.2) is 11.6 Å². The van der Waals surface area contributed by atoms with E-state index in [2.05, 4.69) is 4.98 Å². The SMILES string of the molecule is CN(C)S(=O)(=O)N1CCC(c2nccs2)CC1. The zero-order chi connectivity index (χ0) is 12.5. The molecule has 17 heavy (non-hydrogen) atoms. The molecule has 1 aromatic heterocycles. The molecule has 0 N–H and O–H groups in total. The number of aromatic nitrogens is 1. The van der Waals surface area contributed by atoms with Gasteiger partial charge >= 0.3 is 0 Å². The molecular weight excluding hydrogens is 258 g/mol. The fourth-order valence-corrected chi connectivity index (χ4v) is 3.95. The van der Waals surface area contributed by atoms with Crippen LogP contribution in [0.2, 0.25) is 0 Å². The van der Waals surface area contributed by atoms with Crippen LogP contribution in [0.25, 0.3) is 0 Å². The fourth-order valence-electron chi connectivity index (χ4n) is 2.00. The molecular formula is C10H17N3O2S2. The van der Waals surface area contributed by atoms with E-state index in [-0.39, 0.29) is 0 Å². The van der Waals surface area contributed by atoms with E-state index in [1.807, 2.05) is 11.6 Å². The third-order valence-corrected chi connectivity index (χ3v) is 5.92. The van der Waals surface area contributed by atoms with Crippen LogP contribution in [0.5, 0.6) is 0 Å². The molecule has 2 rings (SSSR count). The molecule has 96 valence electrons. The van der Waals surface area contributed by atoms with Crippen LogP contribution < -0.4 is 0 Å². The lowest BCUT2D eigenvalue weighted by molar-refractivity contribution is 0.302. The molecule has 0 saturated carbocycles. The van der Waals surface area contributed by atoms with Crippen molar-refractivity contribution in [1.29, 1.82) is 0 Å². The van der Waals surface area contributed by atoms with E-state index in [9.17, 15) is 8.42 Å². The van der Waals surface area contributed by atoms with Crippen molar-refractivity contribution in [2.45, 2.75) is 18.8 Å². The standard InChI is InChI=1S/C10H17N3O2S2/c1-12(2)17(14,15)13-6-3-9(4-7-13)10-11-5-8-16-10/h5,8-9H,3-4,6-7H2,1-2H3. The zero-order valence-corrected chi connectivity index (χ0v) is 11.7. The summed E-state index contributed by atoms with van der Waals surface area (Å²) < 4.78 is 26.7. The van der Waals surface area contributed by atoms with Crippen molar-refractivity contribution in [3.63, 3.8) is 0 Å². The van der Waals surface area contributed by atoms with Crippen molar-refractivity contribution >= 4 is 21.5 Å². The van der Waals surface area contributed by atoms with Crippen molar-refractivity contribution in [1.82, 2.24) is 13.6 Å². The van der Waals surface area contributed by atoms with Crippen LogP contribution in [-0.2, 0) is 10.2 Å². The summed E-state index contributed by atoms with van der Waals surface area (Å²) in [5.74, 6) is 0.420. The third kappa shape index (κ3) is 2.67. The largest absolute Gasteiger partial charge is 0.281 e. The van der Waals surface area contributed by atoms with Gasteiger partial charge in [-0.25, -0.2) is 4.98 Å². The molecule has 0 atom stereocenters. The molecule has 1 saturated heterocycles. The second kappa shape index (κ2) is 5.01. The van der Waals surface area contributed by atoms with Gasteiger partial charge in [0.05, 0.1) is 5.01 Å². The quantitative estimate of drug-likeness (QED) is 0.831. The first-order chi connectivity index (χ1) is 8.01. The van der Waals surface area contributed by atoms with Crippen molar-refractivity contribution in [2.24, 2.45) is 0 Å². The normalized spacial score (nSPS) is 19.9. The topological polar surface area (TPSA) is 53.5 Å². The van der Waals surface area contributed by atoms with Crippen molar-refractivity contribution in [2.75, 3.05) is 27.2 Å². The van der Waals surface area contributed by atoms with Gasteiger partial charge in [0.1, 0.15) is 0 Å². The molecule has 5 nitrogen and oxygen atoms in total. The van der Waals surface area contributed by atoms with Gasteiger partial charge in [-0.05, 0) is 12.8 Å². The fraction of sp³-hybridized carbons (Fsp3) is 0.700. The average molecular weight is 275 g/mol. The second-order valence-electron chi connectivity index (χ2n) is 4.33. The van der Waals surface area contributed by atoms with Gasteiger partial charge in [-0.2, -0.15) is 17.0 Å². The first-order valence-corrected chi connectivity index (χ1v) is 7.86. The van der Waals surface area contributed by atoms with Gasteiger partial charge in [0.25, 0.3) is 10.2 Å². The van der Waals surface area contributed by atoms with Crippen LogP contribution in [0.3, 0.4) is 0 Å². The van der Waals surface area contributed by atoms with Crippen molar-refractivity contribution in [3.8, 4) is 0 Å². The van der Waals surface area contributed by atoms with Crippen LogP contribution in [0, 0.1) is 0 Å². The highest BCUT2D eigenvalue weighted by Crippen LogP contribution is 2.30. The van der Waals surface area contributed by atoms with Crippen molar-refractivity contribution in [3.05, 3.63) is 16.6 Å². The summed E-state index contributed by atoms with van der Waals surface area (Å²) in [5, 5.41) is 3.10. The minimum absolute atomic E-state index is 0.420. The zero-order valence-electron chi connectivity index (χ0n) is 10.0. The average Bonchev–Trinajstić information content (AvgIpc) is 2.82. The summed E-state index contributed by atoms with van der Waals surface area (Å²) in [5.41, 5.74) is 0. The van der Waals surface area contributed by atoms with Gasteiger partial charge in [-0.15, -0.1) is 11.3 Å². The Hall–Kier alpha value is -0.500. The summed E-state index contributed by atoms with van der Waals surface area (Å²) in [4.78, 5) is 4.30. The number of nitrogens with zero attached hydrogens (tertiary/aromatic N) is 3. The highest BCUT2D eigenvalue weighted by molar-refractivity contribution is 7.86. The van der Waals surface area contributed by atoms with E-state index in [1.165, 1.54) is 4.31 Å². The molecule has 1 aliphatic heterocycles. The van der Waals surface area contributed by atoms with Crippen LogP contribution in [0.4, 0.5) is 0 Å². The molecule has 2 heterocycles. The molecule has 0 radical (unpaired) electrons. The van der Waals surface area contributed by atoms with Gasteiger partial charge < -0.3 is 0 Å². The first kappa shape index (κ1) is 12.9. The van der Waals surface area contributed by atoms with E-state index >= 15 is 0 Å². The molecule has 1 aliphatic rings. The minimum Gasteiger partial charge on any atom is -0.249 e. The predicted molar refractivity (Wildman–Crippen MR) is 68.3 cm³/mol. The van der Waals surface area contributed by atoms with Gasteiger partial charge in [-0.3, -0.25) is 0 Å². The summed E-state index contributed by atoms with van der Waals surface area (Å²) in [6.07, 6.45) is 3.53. The summed E-state index contributed by atoms with van der Waals surface area (Å²) >= 11 is 1.65. The lowest BCUT2D eigenvalue weighted by Crippen LogP contribution is -2.44. The molecule has 0 amide bonds. The monoisotopic (exact) mass is 275 g/mol. The maximum absolute atomic E-state index is 11.9. The molecule has 0 unspecified atom stereocenters. The summed E-state index contributed by atoms with van der Waals surface area (Å²) in [6, 6.07) is 0. The van der Waals surface area contributed by atoms with Gasteiger partial charge in [0, 0.05) is 44.7 Å². The number of rotatable bonds is 3. The van der Waals surface area contributed by atoms with Crippen molar-refractivity contribution < 1.29 is 8.42 Å². The molecule has 0 bridgehead atoms. The molecule has 0 spiro atoms. The van der Waals surface area contributed by atoms with Crippen LogP contribution in [-0.4, -0.2) is 49.2 Å². The minimum atomic E-state index is -3.24. The van der Waals surface area contributed by atoms with Gasteiger partial charge in [0.2, 0.25) is 0 Å². The molecule has 0 aliphatic carbocycles. The maximum Gasteiger partial charge on any atom is 0.281 e. The lowest BCUT2D eigenvalue weighted by Gasteiger charge is -2.31. The summed E-state index contributed by atoms with van der Waals surface area (Å²) in [7, 11) is -0.0992. The van der Waals surface area contributed by atoms with Crippen LogP contribution >= 0.6 is 11.3 Å². The first-order valence-electron chi connectivity index (χ1n) is 5.59. The van der Waals surface area contributed by atoms with Crippen LogP contribution in [0.1, 0.15) is 23.8 Å². The Kier molecular flexibility index (Phi) is 3.82. The highest BCUT2D eigenvalue weighted by atomic mass is 32.2. The van der Waals surface area contributed by atoms with Gasteiger partial charge in [-0.1, -0.05) is 0 Å². The Bertz CT molecular complexity index is 448. The predicted octanol–water partition coefficient (Wildman–Crippen LogP) is 1.13. The van der Waals surface area contributed by atoms with E-state index in [1.54, 1.807) is 29.7 Å². The third-order valence-electron chi connectivity index (χ3n) is 3.04. The lowest BCUT2D eigenvalue weighted by atomic mass is 9.99. The number of piperidine rings is 1. The highest BCUT2D eigenvalue weighted by Gasteiger charge is 2.30. The number of hydrogen-bond donors (Lipinski definition) is 0. The Morgan fingerprint density at radius 3 is 2.53 bits per heavy atom. The molecule has 7 heteroatoms. The smallest absolute Gasteiger partial charge is 0.249 e. The van der Waals surface area contributed by atoms with E-state index in [0.717, 1.165) is 17.8 Å². The van der Waals surface area contributed by atoms with E-state index in [4.69, 9.17) is 0 Å². The molecule has 0 aromatic carbocycles.